The first-order valence-electron chi connectivity index (χ1n) is 20.0. The zero-order chi connectivity index (χ0) is 39.6. The van der Waals surface area contributed by atoms with Crippen molar-refractivity contribution in [1.29, 1.82) is 0 Å². The van der Waals surface area contributed by atoms with Crippen LogP contribution < -0.4 is 0 Å². The van der Waals surface area contributed by atoms with Crippen molar-refractivity contribution >= 4 is 54.8 Å². The van der Waals surface area contributed by atoms with Gasteiger partial charge in [0, 0.05) is 54.7 Å². The molecule has 280 valence electrons. The van der Waals surface area contributed by atoms with Crippen LogP contribution in [0, 0.1) is 0 Å². The van der Waals surface area contributed by atoms with Crippen molar-refractivity contribution in [3.05, 3.63) is 194 Å². The third-order valence-corrected chi connectivity index (χ3v) is 11.4. The predicted octanol–water partition coefficient (Wildman–Crippen LogP) is 14.2. The molecule has 0 amide bonds. The first-order chi connectivity index (χ1) is 29.7. The molecule has 12 rings (SSSR count). The summed E-state index contributed by atoms with van der Waals surface area (Å²) in [5.41, 5.74) is 13.0. The molecule has 4 aromatic heterocycles. The van der Waals surface area contributed by atoms with E-state index in [-0.39, 0.29) is 0 Å². The normalized spacial score (nSPS) is 11.7. The van der Waals surface area contributed by atoms with E-state index in [1.54, 1.807) is 0 Å². The Kier molecular flexibility index (Phi) is 7.74. The molecule has 0 atom stereocenters. The maximum atomic E-state index is 6.58. The largest absolute Gasteiger partial charge is 0.455 e. The summed E-state index contributed by atoms with van der Waals surface area (Å²) >= 11 is 0. The van der Waals surface area contributed by atoms with Crippen molar-refractivity contribution in [3.8, 4) is 67.7 Å². The fraction of sp³-hybridized carbons (Fsp3) is 0. The number of nitrogens with zero attached hydrogens (tertiary/aromatic N) is 4. The van der Waals surface area contributed by atoms with Gasteiger partial charge in [-0.1, -0.05) is 176 Å². The number of fused-ring (bicyclic) bond motifs is 8. The summed E-state index contributed by atoms with van der Waals surface area (Å²) in [6.45, 7) is 0. The van der Waals surface area contributed by atoms with Gasteiger partial charge in [0.05, 0.1) is 5.52 Å². The first kappa shape index (κ1) is 33.9. The molecular formula is C54H32N4O2. The highest BCUT2D eigenvalue weighted by Crippen LogP contribution is 2.41. The van der Waals surface area contributed by atoms with Crippen LogP contribution in [0.25, 0.3) is 122 Å². The van der Waals surface area contributed by atoms with Crippen LogP contribution in [0.15, 0.2) is 203 Å². The molecule has 12 aromatic rings. The highest BCUT2D eigenvalue weighted by Gasteiger charge is 2.20. The van der Waals surface area contributed by atoms with Crippen LogP contribution in [0.4, 0.5) is 0 Å². The smallest absolute Gasteiger partial charge is 0.164 e. The first-order valence-corrected chi connectivity index (χ1v) is 20.0. The molecule has 0 N–H and O–H groups in total. The van der Waals surface area contributed by atoms with E-state index in [9.17, 15) is 0 Å². The molecule has 4 heterocycles. The van der Waals surface area contributed by atoms with Gasteiger partial charge < -0.3 is 8.83 Å². The summed E-state index contributed by atoms with van der Waals surface area (Å²) < 4.78 is 12.9. The number of pyridine rings is 1. The topological polar surface area (TPSA) is 77.8 Å². The Bertz CT molecular complexity index is 3580. The average Bonchev–Trinajstić information content (AvgIpc) is 3.91. The van der Waals surface area contributed by atoms with Crippen molar-refractivity contribution in [2.24, 2.45) is 0 Å². The Labute approximate surface area is 344 Å². The van der Waals surface area contributed by atoms with Gasteiger partial charge in [-0.25, -0.2) is 19.9 Å². The van der Waals surface area contributed by atoms with E-state index in [0.717, 1.165) is 105 Å². The van der Waals surface area contributed by atoms with Crippen molar-refractivity contribution in [1.82, 2.24) is 19.9 Å². The molecule has 6 heteroatoms. The van der Waals surface area contributed by atoms with Gasteiger partial charge in [-0.15, -0.1) is 0 Å². The maximum absolute atomic E-state index is 6.58. The van der Waals surface area contributed by atoms with Crippen molar-refractivity contribution in [3.63, 3.8) is 0 Å². The summed E-state index contributed by atoms with van der Waals surface area (Å²) in [7, 11) is 0. The molecule has 6 nitrogen and oxygen atoms in total. The van der Waals surface area contributed by atoms with E-state index in [1.165, 1.54) is 0 Å². The van der Waals surface area contributed by atoms with Gasteiger partial charge in [-0.05, 0) is 34.9 Å². The Morgan fingerprint density at radius 1 is 0.300 bits per heavy atom. The van der Waals surface area contributed by atoms with E-state index >= 15 is 0 Å². The zero-order valence-electron chi connectivity index (χ0n) is 32.1. The average molecular weight is 769 g/mol. The standard InChI is InChI=1S/C54H32N4O2/c1-3-12-33(13-4-1)39-30-31-43-45(32-39)55-49(51-48(43)44-17-8-10-21-47(44)60-51)35-24-28-38(29-25-35)54-57-52(36-14-5-2-6-15-36)56-53(58-54)37-26-22-34(23-27-37)40-18-11-19-42-41-16-7-9-20-46(41)59-50(40)42/h1-32H. The summed E-state index contributed by atoms with van der Waals surface area (Å²) in [6.07, 6.45) is 0. The Morgan fingerprint density at radius 2 is 0.800 bits per heavy atom. The van der Waals surface area contributed by atoms with Gasteiger partial charge >= 0.3 is 0 Å². The molecular weight excluding hydrogens is 737 g/mol. The molecule has 8 aromatic carbocycles. The van der Waals surface area contributed by atoms with E-state index in [4.69, 9.17) is 28.8 Å². The van der Waals surface area contributed by atoms with E-state index in [0.29, 0.717) is 17.5 Å². The quantitative estimate of drug-likeness (QED) is 0.168. The van der Waals surface area contributed by atoms with Gasteiger partial charge in [-0.3, -0.25) is 0 Å². The molecule has 0 fully saturated rings. The monoisotopic (exact) mass is 768 g/mol. The van der Waals surface area contributed by atoms with Crippen LogP contribution in [0.3, 0.4) is 0 Å². The number of hydrogen-bond acceptors (Lipinski definition) is 6. The predicted molar refractivity (Wildman–Crippen MR) is 242 cm³/mol. The summed E-state index contributed by atoms with van der Waals surface area (Å²) in [4.78, 5) is 20.4. The zero-order valence-corrected chi connectivity index (χ0v) is 32.1. The molecule has 0 radical (unpaired) electrons. The van der Waals surface area contributed by atoms with Gasteiger partial charge in [0.25, 0.3) is 0 Å². The lowest BCUT2D eigenvalue weighted by atomic mass is 9.99. The molecule has 0 bridgehead atoms. The second-order valence-electron chi connectivity index (χ2n) is 15.0. The molecule has 0 saturated heterocycles. The van der Waals surface area contributed by atoms with Crippen molar-refractivity contribution in [2.45, 2.75) is 0 Å². The van der Waals surface area contributed by atoms with Gasteiger partial charge in [0.1, 0.15) is 22.4 Å². The fourth-order valence-corrected chi connectivity index (χ4v) is 8.39. The highest BCUT2D eigenvalue weighted by atomic mass is 16.3. The van der Waals surface area contributed by atoms with Crippen molar-refractivity contribution in [2.75, 3.05) is 0 Å². The van der Waals surface area contributed by atoms with Crippen LogP contribution in [0.1, 0.15) is 0 Å². The number of aromatic nitrogens is 4. The molecule has 0 aliphatic rings. The SMILES string of the molecule is c1ccc(-c2ccc3c(c2)nc(-c2ccc(-c4nc(-c5ccccc5)nc(-c5ccc(-c6cccc7c6oc6ccccc67)cc5)n4)cc2)c2oc4ccccc4c23)cc1. The Morgan fingerprint density at radius 3 is 1.48 bits per heavy atom. The lowest BCUT2D eigenvalue weighted by molar-refractivity contribution is 0.668. The Hall–Kier alpha value is -8.22. The van der Waals surface area contributed by atoms with Crippen LogP contribution in [0.5, 0.6) is 0 Å². The molecule has 0 aliphatic carbocycles. The molecule has 0 saturated carbocycles. The second kappa shape index (κ2) is 13.7. The van der Waals surface area contributed by atoms with Crippen LogP contribution in [-0.2, 0) is 0 Å². The molecule has 0 spiro atoms. The lowest BCUT2D eigenvalue weighted by Gasteiger charge is -2.11. The summed E-state index contributed by atoms with van der Waals surface area (Å²) in [5.74, 6) is 1.77. The van der Waals surface area contributed by atoms with Gasteiger partial charge in [0.15, 0.2) is 23.1 Å². The maximum Gasteiger partial charge on any atom is 0.164 e. The van der Waals surface area contributed by atoms with Gasteiger partial charge in [0.2, 0.25) is 0 Å². The van der Waals surface area contributed by atoms with E-state index in [1.807, 2.05) is 66.7 Å². The summed E-state index contributed by atoms with van der Waals surface area (Å²) in [6, 6.07) is 66.3. The minimum Gasteiger partial charge on any atom is -0.455 e. The van der Waals surface area contributed by atoms with Crippen LogP contribution in [0.2, 0.25) is 0 Å². The van der Waals surface area contributed by atoms with Crippen LogP contribution >= 0.6 is 0 Å². The minimum atomic E-state index is 0.578. The van der Waals surface area contributed by atoms with Gasteiger partial charge in [-0.2, -0.15) is 0 Å². The fourth-order valence-electron chi connectivity index (χ4n) is 8.39. The molecule has 0 unspecified atom stereocenters. The molecule has 0 aliphatic heterocycles. The second-order valence-corrected chi connectivity index (χ2v) is 15.0. The van der Waals surface area contributed by atoms with Crippen molar-refractivity contribution < 1.29 is 8.83 Å². The molecule has 60 heavy (non-hydrogen) atoms. The number of para-hydroxylation sites is 3. The number of hydrogen-bond donors (Lipinski definition) is 0. The number of rotatable bonds is 6. The number of benzene rings is 8. The number of furan rings is 2. The van der Waals surface area contributed by atoms with E-state index in [2.05, 4.69) is 127 Å². The Balaban J connectivity index is 0.954. The highest BCUT2D eigenvalue weighted by molar-refractivity contribution is 6.21. The van der Waals surface area contributed by atoms with E-state index < -0.39 is 0 Å². The van der Waals surface area contributed by atoms with Crippen LogP contribution in [-0.4, -0.2) is 19.9 Å². The summed E-state index contributed by atoms with van der Waals surface area (Å²) in [5, 5.41) is 5.39. The third-order valence-electron chi connectivity index (χ3n) is 11.4. The lowest BCUT2D eigenvalue weighted by Crippen LogP contribution is -2.00. The third kappa shape index (κ3) is 5.65. The minimum absolute atomic E-state index is 0.578.